The summed E-state index contributed by atoms with van der Waals surface area (Å²) >= 11 is 0. The molecule has 0 saturated carbocycles. The number of rotatable bonds is 7. The Balaban J connectivity index is 2.22. The summed E-state index contributed by atoms with van der Waals surface area (Å²) in [7, 11) is 0. The lowest BCUT2D eigenvalue weighted by molar-refractivity contribution is 0.137. The lowest BCUT2D eigenvalue weighted by atomic mass is 9.81. The molecule has 1 atom stereocenters. The summed E-state index contributed by atoms with van der Waals surface area (Å²) in [5, 5.41) is 17.2. The number of nitrogens with one attached hydrogen (secondary N) is 1. The van der Waals surface area contributed by atoms with Crippen LogP contribution < -0.4 is 5.32 Å². The third-order valence-electron chi connectivity index (χ3n) is 3.48. The van der Waals surface area contributed by atoms with Gasteiger partial charge in [0.05, 0.1) is 12.6 Å². The van der Waals surface area contributed by atoms with Gasteiger partial charge in [0.15, 0.2) is 0 Å². The van der Waals surface area contributed by atoms with Crippen molar-refractivity contribution in [3.8, 4) is 0 Å². The van der Waals surface area contributed by atoms with E-state index >= 15 is 0 Å². The van der Waals surface area contributed by atoms with E-state index in [0.717, 1.165) is 6.54 Å². The first-order chi connectivity index (χ1) is 7.92. The van der Waals surface area contributed by atoms with Crippen LogP contribution in [0.25, 0.3) is 0 Å². The fourth-order valence-electron chi connectivity index (χ4n) is 1.45. The zero-order valence-corrected chi connectivity index (χ0v) is 11.3. The number of nitrogens with zero attached hydrogens (tertiary/aromatic N) is 2. The SMILES string of the molecule is CC(C)C(C)(C)CNCC(O)Cn1cccn1. The highest BCUT2D eigenvalue weighted by atomic mass is 16.3. The minimum absolute atomic E-state index is 0.255. The molecule has 4 heteroatoms. The zero-order valence-electron chi connectivity index (χ0n) is 11.3. The van der Waals surface area contributed by atoms with E-state index in [2.05, 4.69) is 38.1 Å². The van der Waals surface area contributed by atoms with Gasteiger partial charge in [-0.15, -0.1) is 0 Å². The van der Waals surface area contributed by atoms with Crippen molar-refractivity contribution in [3.05, 3.63) is 18.5 Å². The van der Waals surface area contributed by atoms with Crippen LogP contribution >= 0.6 is 0 Å². The fraction of sp³-hybridized carbons (Fsp3) is 0.769. The van der Waals surface area contributed by atoms with Crippen LogP contribution in [-0.2, 0) is 6.54 Å². The number of hydrogen-bond acceptors (Lipinski definition) is 3. The molecule has 4 nitrogen and oxygen atoms in total. The molecule has 2 N–H and O–H groups in total. The molecule has 0 aliphatic carbocycles. The predicted octanol–water partition coefficient (Wildman–Crippen LogP) is 1.52. The average molecular weight is 239 g/mol. The second-order valence-electron chi connectivity index (χ2n) is 5.66. The van der Waals surface area contributed by atoms with Gasteiger partial charge in [-0.2, -0.15) is 5.10 Å². The largest absolute Gasteiger partial charge is 0.390 e. The summed E-state index contributed by atoms with van der Waals surface area (Å²) < 4.78 is 1.75. The van der Waals surface area contributed by atoms with Crippen molar-refractivity contribution in [2.75, 3.05) is 13.1 Å². The van der Waals surface area contributed by atoms with Gasteiger partial charge in [-0.25, -0.2) is 0 Å². The topological polar surface area (TPSA) is 50.1 Å². The summed E-state index contributed by atoms with van der Waals surface area (Å²) in [5.41, 5.74) is 0.255. The molecule has 0 bridgehead atoms. The number of aliphatic hydroxyl groups excluding tert-OH is 1. The number of aromatic nitrogens is 2. The fourth-order valence-corrected chi connectivity index (χ4v) is 1.45. The molecule has 1 rings (SSSR count). The standard InChI is InChI=1S/C13H25N3O/c1-11(2)13(3,4)10-14-8-12(17)9-16-7-5-6-15-16/h5-7,11-12,14,17H,8-10H2,1-4H3. The van der Waals surface area contributed by atoms with Crippen molar-refractivity contribution < 1.29 is 5.11 Å². The Hall–Kier alpha value is -0.870. The van der Waals surface area contributed by atoms with Crippen molar-refractivity contribution >= 4 is 0 Å². The van der Waals surface area contributed by atoms with Gasteiger partial charge in [0, 0.05) is 25.5 Å². The molecule has 17 heavy (non-hydrogen) atoms. The van der Waals surface area contributed by atoms with Crippen LogP contribution in [0.1, 0.15) is 27.7 Å². The van der Waals surface area contributed by atoms with Crippen molar-refractivity contribution in [3.63, 3.8) is 0 Å². The monoisotopic (exact) mass is 239 g/mol. The molecule has 1 aromatic heterocycles. The molecule has 0 spiro atoms. The van der Waals surface area contributed by atoms with E-state index in [1.165, 1.54) is 0 Å². The van der Waals surface area contributed by atoms with Crippen LogP contribution in [0, 0.1) is 11.3 Å². The van der Waals surface area contributed by atoms with E-state index in [4.69, 9.17) is 0 Å². The molecule has 0 aromatic carbocycles. The van der Waals surface area contributed by atoms with Gasteiger partial charge < -0.3 is 10.4 Å². The van der Waals surface area contributed by atoms with Crippen LogP contribution in [0.2, 0.25) is 0 Å². The summed E-state index contributed by atoms with van der Waals surface area (Å²) in [4.78, 5) is 0. The Morgan fingerprint density at radius 2 is 2.12 bits per heavy atom. The van der Waals surface area contributed by atoms with E-state index in [9.17, 15) is 5.11 Å². The van der Waals surface area contributed by atoms with E-state index in [0.29, 0.717) is 19.0 Å². The van der Waals surface area contributed by atoms with Gasteiger partial charge in [0.1, 0.15) is 0 Å². The Bertz CT molecular complexity index is 306. The normalized spacial score (nSPS) is 14.2. The smallest absolute Gasteiger partial charge is 0.0860 e. The molecule has 0 aliphatic rings. The molecule has 1 heterocycles. The lowest BCUT2D eigenvalue weighted by Crippen LogP contribution is -2.38. The molecular formula is C13H25N3O. The van der Waals surface area contributed by atoms with Crippen LogP contribution in [-0.4, -0.2) is 34.1 Å². The maximum absolute atomic E-state index is 9.83. The average Bonchev–Trinajstić information content (AvgIpc) is 2.69. The molecule has 0 amide bonds. The van der Waals surface area contributed by atoms with Gasteiger partial charge in [-0.3, -0.25) is 4.68 Å². The van der Waals surface area contributed by atoms with Crippen LogP contribution in [0.4, 0.5) is 0 Å². The molecule has 0 fully saturated rings. The van der Waals surface area contributed by atoms with Crippen LogP contribution in [0.3, 0.4) is 0 Å². The number of hydrogen-bond donors (Lipinski definition) is 2. The first-order valence-corrected chi connectivity index (χ1v) is 6.28. The molecular weight excluding hydrogens is 214 g/mol. The summed E-state index contributed by atoms with van der Waals surface area (Å²) in [6.45, 7) is 11.0. The first-order valence-electron chi connectivity index (χ1n) is 6.28. The van der Waals surface area contributed by atoms with Crippen LogP contribution in [0.5, 0.6) is 0 Å². The van der Waals surface area contributed by atoms with Gasteiger partial charge in [0.25, 0.3) is 0 Å². The van der Waals surface area contributed by atoms with Crippen LogP contribution in [0.15, 0.2) is 18.5 Å². The van der Waals surface area contributed by atoms with Gasteiger partial charge in [-0.05, 0) is 17.4 Å². The van der Waals surface area contributed by atoms with E-state index < -0.39 is 6.10 Å². The Kier molecular flexibility index (Phi) is 5.15. The lowest BCUT2D eigenvalue weighted by Gasteiger charge is -2.30. The highest BCUT2D eigenvalue weighted by Crippen LogP contribution is 2.24. The molecule has 0 saturated heterocycles. The molecule has 98 valence electrons. The summed E-state index contributed by atoms with van der Waals surface area (Å²) in [6.07, 6.45) is 3.20. The second kappa shape index (κ2) is 6.17. The minimum atomic E-state index is -0.391. The summed E-state index contributed by atoms with van der Waals surface area (Å²) in [5.74, 6) is 0.623. The Labute approximate surface area is 104 Å². The highest BCUT2D eigenvalue weighted by molar-refractivity contribution is 4.79. The van der Waals surface area contributed by atoms with E-state index in [-0.39, 0.29) is 5.41 Å². The highest BCUT2D eigenvalue weighted by Gasteiger charge is 2.21. The summed E-state index contributed by atoms with van der Waals surface area (Å²) in [6, 6.07) is 1.86. The number of aliphatic hydroxyl groups is 1. The Morgan fingerprint density at radius 1 is 1.41 bits per heavy atom. The van der Waals surface area contributed by atoms with Gasteiger partial charge in [0.2, 0.25) is 0 Å². The Morgan fingerprint density at radius 3 is 2.65 bits per heavy atom. The molecule has 1 aromatic rings. The third-order valence-corrected chi connectivity index (χ3v) is 3.48. The first kappa shape index (κ1) is 14.2. The minimum Gasteiger partial charge on any atom is -0.390 e. The molecule has 0 aliphatic heterocycles. The van der Waals surface area contributed by atoms with Gasteiger partial charge >= 0.3 is 0 Å². The van der Waals surface area contributed by atoms with E-state index in [1.807, 2.05) is 12.3 Å². The van der Waals surface area contributed by atoms with Gasteiger partial charge in [-0.1, -0.05) is 27.7 Å². The quantitative estimate of drug-likeness (QED) is 0.758. The second-order valence-corrected chi connectivity index (χ2v) is 5.66. The van der Waals surface area contributed by atoms with Crippen molar-refractivity contribution in [2.45, 2.75) is 40.3 Å². The maximum atomic E-state index is 9.83. The zero-order chi connectivity index (χ0) is 12.9. The van der Waals surface area contributed by atoms with Crippen molar-refractivity contribution in [2.24, 2.45) is 11.3 Å². The maximum Gasteiger partial charge on any atom is 0.0860 e. The van der Waals surface area contributed by atoms with E-state index in [1.54, 1.807) is 10.9 Å². The molecule has 0 radical (unpaired) electrons. The molecule has 1 unspecified atom stereocenters. The third kappa shape index (κ3) is 4.88. The van der Waals surface area contributed by atoms with Crippen molar-refractivity contribution in [1.82, 2.24) is 15.1 Å². The predicted molar refractivity (Wildman–Crippen MR) is 69.7 cm³/mol. The van der Waals surface area contributed by atoms with Crippen molar-refractivity contribution in [1.29, 1.82) is 0 Å².